The van der Waals surface area contributed by atoms with E-state index in [0.29, 0.717) is 24.0 Å². The van der Waals surface area contributed by atoms with Gasteiger partial charge in [0.05, 0.1) is 12.2 Å². The third-order valence-corrected chi connectivity index (χ3v) is 4.91. The molecule has 0 radical (unpaired) electrons. The summed E-state index contributed by atoms with van der Waals surface area (Å²) >= 11 is 0. The van der Waals surface area contributed by atoms with Crippen molar-refractivity contribution in [3.8, 4) is 0 Å². The molecule has 2 fully saturated rings. The Morgan fingerprint density at radius 3 is 2.05 bits per heavy atom. The fourth-order valence-corrected chi connectivity index (χ4v) is 3.56. The lowest BCUT2D eigenvalue weighted by atomic mass is 9.86. The molecule has 0 bridgehead atoms. The summed E-state index contributed by atoms with van der Waals surface area (Å²) < 4.78 is 11.9. The van der Waals surface area contributed by atoms with E-state index in [1.54, 1.807) is 0 Å². The quantitative estimate of drug-likeness (QED) is 0.838. The highest BCUT2D eigenvalue weighted by Gasteiger charge is 2.29. The van der Waals surface area contributed by atoms with Gasteiger partial charge in [0.1, 0.15) is 0 Å². The molecular weight excluding hydrogens is 252 g/mol. The highest BCUT2D eigenvalue weighted by atomic mass is 16.5. The van der Waals surface area contributed by atoms with Crippen molar-refractivity contribution in [2.24, 2.45) is 5.92 Å². The molecule has 20 heavy (non-hydrogen) atoms. The second-order valence-corrected chi connectivity index (χ2v) is 6.65. The second-order valence-electron chi connectivity index (χ2n) is 6.65. The van der Waals surface area contributed by atoms with E-state index < -0.39 is 0 Å². The average molecular weight is 278 g/mol. The second kappa shape index (κ2) is 6.25. The van der Waals surface area contributed by atoms with Crippen LogP contribution in [0.25, 0.3) is 0 Å². The lowest BCUT2D eigenvalue weighted by molar-refractivity contribution is -0.0527. The Morgan fingerprint density at radius 2 is 1.50 bits per heavy atom. The topological polar surface area (TPSA) is 48.2 Å². The first-order valence-corrected chi connectivity index (χ1v) is 8.16. The summed E-state index contributed by atoms with van der Waals surface area (Å²) in [5.41, 5.74) is 0. The smallest absolute Gasteiger partial charge is 0.219 e. The molecule has 0 spiro atoms. The van der Waals surface area contributed by atoms with Crippen LogP contribution in [-0.4, -0.2) is 22.4 Å². The molecule has 4 nitrogen and oxygen atoms in total. The number of rotatable bonds is 3. The van der Waals surface area contributed by atoms with Crippen LogP contribution in [0.1, 0.15) is 76.0 Å². The molecule has 0 N–H and O–H groups in total. The van der Waals surface area contributed by atoms with Gasteiger partial charge in [-0.1, -0.05) is 6.92 Å². The van der Waals surface area contributed by atoms with Crippen LogP contribution in [0.5, 0.6) is 0 Å². The van der Waals surface area contributed by atoms with Gasteiger partial charge in [0.15, 0.2) is 0 Å². The molecule has 2 aliphatic rings. The molecule has 0 aliphatic heterocycles. The van der Waals surface area contributed by atoms with Gasteiger partial charge in [-0.3, -0.25) is 0 Å². The maximum Gasteiger partial charge on any atom is 0.219 e. The molecule has 112 valence electrons. The van der Waals surface area contributed by atoms with Gasteiger partial charge in [-0.25, -0.2) is 0 Å². The van der Waals surface area contributed by atoms with Crippen LogP contribution in [0, 0.1) is 12.8 Å². The number of aryl methyl sites for hydroxylation is 1. The minimum absolute atomic E-state index is 0.447. The summed E-state index contributed by atoms with van der Waals surface area (Å²) in [5.74, 6) is 2.84. The summed E-state index contributed by atoms with van der Waals surface area (Å²) in [6, 6.07) is 0. The molecule has 4 heteroatoms. The number of ether oxygens (including phenoxy) is 1. The van der Waals surface area contributed by atoms with E-state index in [2.05, 4.69) is 17.1 Å². The maximum absolute atomic E-state index is 6.30. The molecule has 0 amide bonds. The number of nitrogens with zero attached hydrogens (tertiary/aromatic N) is 2. The largest absolute Gasteiger partial charge is 0.425 e. The van der Waals surface area contributed by atoms with Crippen molar-refractivity contribution in [1.29, 1.82) is 0 Å². The van der Waals surface area contributed by atoms with Crippen LogP contribution in [0.2, 0.25) is 0 Å². The Hall–Kier alpha value is -0.900. The summed E-state index contributed by atoms with van der Waals surface area (Å²) in [5, 5.41) is 8.09. The Kier molecular flexibility index (Phi) is 4.39. The molecule has 0 saturated heterocycles. The van der Waals surface area contributed by atoms with Crippen LogP contribution in [0.4, 0.5) is 0 Å². The van der Waals surface area contributed by atoms with Crippen LogP contribution >= 0.6 is 0 Å². The van der Waals surface area contributed by atoms with Crippen molar-refractivity contribution in [2.45, 2.75) is 83.3 Å². The van der Waals surface area contributed by atoms with E-state index in [1.165, 1.54) is 25.7 Å². The normalized spacial score (nSPS) is 35.1. The molecule has 1 aromatic rings. The van der Waals surface area contributed by atoms with Crippen LogP contribution < -0.4 is 0 Å². The first kappa shape index (κ1) is 14.1. The molecule has 0 aromatic carbocycles. The molecule has 1 heterocycles. The molecular formula is C16H26N2O2. The third kappa shape index (κ3) is 3.40. The highest BCUT2D eigenvalue weighted by Crippen LogP contribution is 2.35. The lowest BCUT2D eigenvalue weighted by Crippen LogP contribution is -2.29. The molecule has 2 saturated carbocycles. The van der Waals surface area contributed by atoms with Crippen molar-refractivity contribution >= 4 is 0 Å². The first-order chi connectivity index (χ1) is 9.70. The highest BCUT2D eigenvalue weighted by molar-refractivity contribution is 4.94. The van der Waals surface area contributed by atoms with Gasteiger partial charge in [-0.2, -0.15) is 0 Å². The Labute approximate surface area is 121 Å². The van der Waals surface area contributed by atoms with Crippen molar-refractivity contribution in [3.63, 3.8) is 0 Å². The van der Waals surface area contributed by atoms with E-state index in [1.807, 2.05) is 6.92 Å². The number of hydrogen-bond donors (Lipinski definition) is 0. The van der Waals surface area contributed by atoms with Gasteiger partial charge in [0.2, 0.25) is 11.8 Å². The summed E-state index contributed by atoms with van der Waals surface area (Å²) in [7, 11) is 0. The van der Waals surface area contributed by atoms with Crippen molar-refractivity contribution in [3.05, 3.63) is 11.8 Å². The van der Waals surface area contributed by atoms with Gasteiger partial charge in [-0.15, -0.1) is 10.2 Å². The molecule has 0 unspecified atom stereocenters. The summed E-state index contributed by atoms with van der Waals surface area (Å²) in [6.45, 7) is 4.21. The predicted octanol–water partition coefficient (Wildman–Crippen LogP) is 4.00. The van der Waals surface area contributed by atoms with E-state index in [0.717, 1.165) is 37.5 Å². The van der Waals surface area contributed by atoms with Crippen molar-refractivity contribution in [1.82, 2.24) is 10.2 Å². The van der Waals surface area contributed by atoms with E-state index in [9.17, 15) is 0 Å². The van der Waals surface area contributed by atoms with E-state index in [-0.39, 0.29) is 0 Å². The van der Waals surface area contributed by atoms with Gasteiger partial charge in [0, 0.05) is 12.8 Å². The van der Waals surface area contributed by atoms with Crippen molar-refractivity contribution in [2.75, 3.05) is 0 Å². The van der Waals surface area contributed by atoms with Crippen LogP contribution in [0.3, 0.4) is 0 Å². The molecule has 3 rings (SSSR count). The van der Waals surface area contributed by atoms with Crippen LogP contribution in [-0.2, 0) is 4.74 Å². The standard InChI is InChI=1S/C16H26N2O2/c1-11-3-7-14(8-4-11)20-15-9-5-13(6-10-15)16-18-17-12(2)19-16/h11,13-15H,3-10H2,1-2H3. The van der Waals surface area contributed by atoms with Gasteiger partial charge in [-0.05, 0) is 57.3 Å². The average Bonchev–Trinajstić information content (AvgIpc) is 2.89. The minimum atomic E-state index is 0.447. The predicted molar refractivity (Wildman–Crippen MR) is 76.5 cm³/mol. The monoisotopic (exact) mass is 278 g/mol. The Balaban J connectivity index is 1.44. The summed E-state index contributed by atoms with van der Waals surface area (Å²) in [4.78, 5) is 0. The van der Waals surface area contributed by atoms with Crippen LogP contribution in [0.15, 0.2) is 4.42 Å². The van der Waals surface area contributed by atoms with Gasteiger partial charge >= 0.3 is 0 Å². The third-order valence-electron chi connectivity index (χ3n) is 4.91. The zero-order valence-corrected chi connectivity index (χ0v) is 12.7. The zero-order chi connectivity index (χ0) is 13.9. The van der Waals surface area contributed by atoms with E-state index in [4.69, 9.17) is 9.15 Å². The molecule has 1 aromatic heterocycles. The van der Waals surface area contributed by atoms with Gasteiger partial charge in [0.25, 0.3) is 0 Å². The lowest BCUT2D eigenvalue weighted by Gasteiger charge is -2.33. The Morgan fingerprint density at radius 1 is 0.900 bits per heavy atom. The summed E-state index contributed by atoms with van der Waals surface area (Å²) in [6.07, 6.45) is 10.7. The van der Waals surface area contributed by atoms with Gasteiger partial charge < -0.3 is 9.15 Å². The molecule has 0 atom stereocenters. The Bertz CT molecular complexity index is 416. The van der Waals surface area contributed by atoms with Crippen molar-refractivity contribution < 1.29 is 9.15 Å². The van der Waals surface area contributed by atoms with E-state index >= 15 is 0 Å². The minimum Gasteiger partial charge on any atom is -0.425 e. The first-order valence-electron chi connectivity index (χ1n) is 8.16. The zero-order valence-electron chi connectivity index (χ0n) is 12.7. The number of aromatic nitrogens is 2. The molecule has 2 aliphatic carbocycles. The fraction of sp³-hybridized carbons (Fsp3) is 0.875. The maximum atomic E-state index is 6.30. The number of hydrogen-bond acceptors (Lipinski definition) is 4. The fourth-order valence-electron chi connectivity index (χ4n) is 3.56. The SMILES string of the molecule is Cc1nnc(C2CCC(OC3CCC(C)CC3)CC2)o1.